The van der Waals surface area contributed by atoms with Crippen LogP contribution in [-0.4, -0.2) is 40.2 Å². The van der Waals surface area contributed by atoms with Gasteiger partial charge in [-0.1, -0.05) is 0 Å². The summed E-state index contributed by atoms with van der Waals surface area (Å²) in [6.07, 6.45) is 3.49. The van der Waals surface area contributed by atoms with Crippen molar-refractivity contribution < 1.29 is 8.76 Å². The summed E-state index contributed by atoms with van der Waals surface area (Å²) >= 11 is -1.65. The molecule has 5 heteroatoms. The molecule has 1 saturated heterocycles. The van der Waals surface area contributed by atoms with Crippen LogP contribution >= 0.6 is 0 Å². The second-order valence-electron chi connectivity index (χ2n) is 3.36. The Bertz CT molecular complexity index is 158. The summed E-state index contributed by atoms with van der Waals surface area (Å²) in [6, 6.07) is 0.526. The van der Waals surface area contributed by atoms with Crippen molar-refractivity contribution >= 4 is 11.1 Å². The van der Waals surface area contributed by atoms with Crippen molar-refractivity contribution in [3.05, 3.63) is 0 Å². The van der Waals surface area contributed by atoms with Gasteiger partial charge in [-0.05, 0) is 32.4 Å². The Morgan fingerprint density at radius 3 is 3.08 bits per heavy atom. The molecule has 0 bridgehead atoms. The maximum absolute atomic E-state index is 10.4. The van der Waals surface area contributed by atoms with Gasteiger partial charge in [-0.2, -0.15) is 0 Å². The monoisotopic (exact) mass is 206 g/mol. The minimum Gasteiger partial charge on any atom is -0.317 e. The molecule has 1 rings (SSSR count). The molecule has 0 aromatic carbocycles. The van der Waals surface area contributed by atoms with E-state index in [2.05, 4.69) is 10.6 Å². The highest BCUT2D eigenvalue weighted by molar-refractivity contribution is 7.79. The van der Waals surface area contributed by atoms with Gasteiger partial charge in [0.1, 0.15) is 0 Å². The van der Waals surface area contributed by atoms with E-state index >= 15 is 0 Å². The first-order valence-electron chi connectivity index (χ1n) is 4.80. The Morgan fingerprint density at radius 1 is 1.46 bits per heavy atom. The van der Waals surface area contributed by atoms with Crippen molar-refractivity contribution in [2.24, 2.45) is 0 Å². The SMILES string of the molecule is O=S(O)CCNC1CCCNCC1. The largest absolute Gasteiger partial charge is 0.317 e. The lowest BCUT2D eigenvalue weighted by Gasteiger charge is -2.14. The van der Waals surface area contributed by atoms with Crippen LogP contribution in [0.25, 0.3) is 0 Å². The molecule has 0 aromatic heterocycles. The maximum atomic E-state index is 10.4. The molecule has 4 nitrogen and oxygen atoms in total. The number of hydrogen-bond donors (Lipinski definition) is 3. The second-order valence-corrected chi connectivity index (χ2v) is 4.41. The van der Waals surface area contributed by atoms with E-state index < -0.39 is 11.1 Å². The van der Waals surface area contributed by atoms with Gasteiger partial charge < -0.3 is 15.2 Å². The molecule has 2 unspecified atom stereocenters. The lowest BCUT2D eigenvalue weighted by atomic mass is 10.1. The van der Waals surface area contributed by atoms with Crippen LogP contribution in [0.4, 0.5) is 0 Å². The summed E-state index contributed by atoms with van der Waals surface area (Å²) < 4.78 is 18.9. The molecule has 0 amide bonds. The number of hydrogen-bond acceptors (Lipinski definition) is 3. The zero-order valence-corrected chi connectivity index (χ0v) is 8.61. The Hall–Kier alpha value is 0.0300. The van der Waals surface area contributed by atoms with E-state index in [9.17, 15) is 4.21 Å². The molecule has 1 heterocycles. The van der Waals surface area contributed by atoms with Crippen LogP contribution in [0.3, 0.4) is 0 Å². The first-order valence-corrected chi connectivity index (χ1v) is 6.08. The normalized spacial score (nSPS) is 26.7. The zero-order valence-electron chi connectivity index (χ0n) is 7.79. The van der Waals surface area contributed by atoms with Crippen LogP contribution in [0.15, 0.2) is 0 Å². The van der Waals surface area contributed by atoms with Crippen LogP contribution in [0, 0.1) is 0 Å². The van der Waals surface area contributed by atoms with Gasteiger partial charge in [0.15, 0.2) is 11.1 Å². The lowest BCUT2D eigenvalue weighted by molar-refractivity contribution is 0.479. The van der Waals surface area contributed by atoms with Crippen molar-refractivity contribution in [3.8, 4) is 0 Å². The zero-order chi connectivity index (χ0) is 9.52. The molecule has 0 aliphatic carbocycles. The molecule has 78 valence electrons. The Kier molecular flexibility index (Phi) is 5.54. The van der Waals surface area contributed by atoms with Gasteiger partial charge in [0, 0.05) is 12.6 Å². The van der Waals surface area contributed by atoms with Gasteiger partial charge >= 0.3 is 0 Å². The van der Waals surface area contributed by atoms with E-state index in [4.69, 9.17) is 4.55 Å². The molecule has 1 fully saturated rings. The first-order chi connectivity index (χ1) is 6.29. The maximum Gasteiger partial charge on any atom is 0.154 e. The summed E-state index contributed by atoms with van der Waals surface area (Å²) in [5.41, 5.74) is 0. The molecular weight excluding hydrogens is 188 g/mol. The van der Waals surface area contributed by atoms with Crippen molar-refractivity contribution in [1.82, 2.24) is 10.6 Å². The molecule has 13 heavy (non-hydrogen) atoms. The molecule has 0 saturated carbocycles. The summed E-state index contributed by atoms with van der Waals surface area (Å²) in [4.78, 5) is 0. The second kappa shape index (κ2) is 6.48. The van der Waals surface area contributed by atoms with Gasteiger partial charge in [0.2, 0.25) is 0 Å². The van der Waals surface area contributed by atoms with Crippen LogP contribution in [0.2, 0.25) is 0 Å². The number of rotatable bonds is 4. The molecule has 0 radical (unpaired) electrons. The molecule has 1 aliphatic rings. The third-order valence-corrected chi connectivity index (χ3v) is 2.84. The fourth-order valence-electron chi connectivity index (χ4n) is 1.57. The van der Waals surface area contributed by atoms with E-state index in [1.165, 1.54) is 12.8 Å². The molecular formula is C8H18N2O2S. The van der Waals surface area contributed by atoms with E-state index in [1.807, 2.05) is 0 Å². The van der Waals surface area contributed by atoms with Crippen LogP contribution in [-0.2, 0) is 11.1 Å². The van der Waals surface area contributed by atoms with Gasteiger partial charge in [0.05, 0.1) is 5.75 Å². The molecule has 0 aromatic rings. The molecule has 2 atom stereocenters. The third-order valence-electron chi connectivity index (χ3n) is 2.29. The Balaban J connectivity index is 2.08. The molecule has 0 spiro atoms. The van der Waals surface area contributed by atoms with Crippen LogP contribution < -0.4 is 10.6 Å². The average Bonchev–Trinajstić information content (AvgIpc) is 2.32. The summed E-state index contributed by atoms with van der Waals surface area (Å²) in [6.45, 7) is 2.80. The Morgan fingerprint density at radius 2 is 2.31 bits per heavy atom. The first kappa shape index (κ1) is 11.1. The van der Waals surface area contributed by atoms with Crippen molar-refractivity contribution in [2.45, 2.75) is 25.3 Å². The van der Waals surface area contributed by atoms with Crippen LogP contribution in [0.5, 0.6) is 0 Å². The summed E-state index contributed by atoms with van der Waals surface area (Å²) in [7, 11) is 0. The average molecular weight is 206 g/mol. The van der Waals surface area contributed by atoms with E-state index in [0.29, 0.717) is 18.3 Å². The highest BCUT2D eigenvalue weighted by Crippen LogP contribution is 2.04. The minimum atomic E-state index is -1.65. The third kappa shape index (κ3) is 5.36. The van der Waals surface area contributed by atoms with E-state index in [0.717, 1.165) is 19.5 Å². The van der Waals surface area contributed by atoms with Gasteiger partial charge in [0.25, 0.3) is 0 Å². The summed E-state index contributed by atoms with van der Waals surface area (Å²) in [5.74, 6) is 0.337. The molecule has 1 aliphatic heterocycles. The standard InChI is InChI=1S/C8H18N2O2S/c11-13(12)7-6-10-8-2-1-4-9-5-3-8/h8-10H,1-7H2,(H,11,12). The van der Waals surface area contributed by atoms with Crippen molar-refractivity contribution in [3.63, 3.8) is 0 Å². The fourth-order valence-corrected chi connectivity index (χ4v) is 1.87. The quantitative estimate of drug-likeness (QED) is 0.564. The summed E-state index contributed by atoms with van der Waals surface area (Å²) in [5, 5.41) is 6.63. The smallest absolute Gasteiger partial charge is 0.154 e. The molecule has 3 N–H and O–H groups in total. The lowest BCUT2D eigenvalue weighted by Crippen LogP contribution is -2.32. The van der Waals surface area contributed by atoms with Crippen molar-refractivity contribution in [1.29, 1.82) is 0 Å². The highest BCUT2D eigenvalue weighted by Gasteiger charge is 2.10. The van der Waals surface area contributed by atoms with Gasteiger partial charge in [-0.3, -0.25) is 0 Å². The van der Waals surface area contributed by atoms with E-state index in [1.54, 1.807) is 0 Å². The van der Waals surface area contributed by atoms with E-state index in [-0.39, 0.29) is 0 Å². The predicted molar refractivity (Wildman–Crippen MR) is 54.1 cm³/mol. The van der Waals surface area contributed by atoms with Crippen LogP contribution in [0.1, 0.15) is 19.3 Å². The van der Waals surface area contributed by atoms with Gasteiger partial charge in [-0.15, -0.1) is 0 Å². The predicted octanol–water partition coefficient (Wildman–Crippen LogP) is -0.0602. The topological polar surface area (TPSA) is 61.4 Å². The minimum absolute atomic E-state index is 0.337. The van der Waals surface area contributed by atoms with Crippen molar-refractivity contribution in [2.75, 3.05) is 25.4 Å². The Labute approximate surface area is 81.8 Å². The number of nitrogens with one attached hydrogen (secondary N) is 2. The van der Waals surface area contributed by atoms with Gasteiger partial charge in [-0.25, -0.2) is 4.21 Å². The highest BCUT2D eigenvalue weighted by atomic mass is 32.2. The fraction of sp³-hybridized carbons (Fsp3) is 1.00.